The molecule has 1 rings (SSSR count). The third-order valence-corrected chi connectivity index (χ3v) is 2.24. The second kappa shape index (κ2) is 3.49. The lowest BCUT2D eigenvalue weighted by Crippen LogP contribution is -2.66. The molecule has 0 aromatic heterocycles. The lowest BCUT2D eigenvalue weighted by Gasteiger charge is -2.44. The van der Waals surface area contributed by atoms with E-state index in [1.165, 1.54) is 6.92 Å². The Kier molecular flexibility index (Phi) is 2.91. The minimum atomic E-state index is -2.18. The van der Waals surface area contributed by atoms with Gasteiger partial charge >= 0.3 is 0 Å². The van der Waals surface area contributed by atoms with Gasteiger partial charge in [0.15, 0.2) is 12.4 Å². The van der Waals surface area contributed by atoms with E-state index in [1.54, 1.807) is 0 Å². The molecule has 1 saturated heterocycles. The van der Waals surface area contributed by atoms with Crippen LogP contribution in [0, 0.1) is 0 Å². The molecule has 78 valence electrons. The summed E-state index contributed by atoms with van der Waals surface area (Å²) in [6.45, 7) is 1.45. The predicted octanol–water partition coefficient (Wildman–Crippen LogP) is -2.22. The largest absolute Gasteiger partial charge is 0.385 e. The maximum Gasteiger partial charge on any atom is 0.226 e. The summed E-state index contributed by atoms with van der Waals surface area (Å²) in [5.41, 5.74) is 0. The van der Waals surface area contributed by atoms with Crippen LogP contribution in [-0.2, 0) is 9.47 Å². The van der Waals surface area contributed by atoms with Crippen LogP contribution in [-0.4, -0.2) is 57.9 Å². The number of aliphatic hydroxyl groups is 4. The zero-order valence-corrected chi connectivity index (χ0v) is 7.41. The highest BCUT2D eigenvalue weighted by atomic mass is 16.7. The summed E-state index contributed by atoms with van der Waals surface area (Å²) >= 11 is 0. The maximum absolute atomic E-state index is 9.60. The molecule has 0 bridgehead atoms. The van der Waals surface area contributed by atoms with Crippen molar-refractivity contribution in [2.45, 2.75) is 37.3 Å². The van der Waals surface area contributed by atoms with E-state index < -0.39 is 30.4 Å². The lowest BCUT2D eigenvalue weighted by molar-refractivity contribution is -0.383. The standard InChI is InChI=1S/C7H14O6/c1-3-4(8)7(11,12-2)5(9)6(10)13-3/h3-6,8-11H,1-2H3. The molecular formula is C7H14O6. The van der Waals surface area contributed by atoms with Gasteiger partial charge in [-0.2, -0.15) is 0 Å². The molecule has 1 aliphatic heterocycles. The van der Waals surface area contributed by atoms with E-state index in [2.05, 4.69) is 4.74 Å². The Morgan fingerprint density at radius 3 is 2.23 bits per heavy atom. The Morgan fingerprint density at radius 2 is 1.77 bits per heavy atom. The van der Waals surface area contributed by atoms with Crippen LogP contribution in [0.2, 0.25) is 0 Å². The van der Waals surface area contributed by atoms with Crippen molar-refractivity contribution in [2.75, 3.05) is 7.11 Å². The Hall–Kier alpha value is -0.240. The summed E-state index contributed by atoms with van der Waals surface area (Å²) in [5.74, 6) is -2.18. The minimum absolute atomic E-state index is 0.816. The summed E-state index contributed by atoms with van der Waals surface area (Å²) in [6.07, 6.45) is -5.48. The van der Waals surface area contributed by atoms with Gasteiger partial charge in [0, 0.05) is 7.11 Å². The first kappa shape index (κ1) is 10.8. The molecule has 1 fully saturated rings. The SMILES string of the molecule is COC1(O)C(O)C(C)OC(O)C1O. The zero-order chi connectivity index (χ0) is 10.2. The highest BCUT2D eigenvalue weighted by Gasteiger charge is 2.54. The van der Waals surface area contributed by atoms with Gasteiger partial charge in [-0.3, -0.25) is 0 Å². The molecule has 0 aromatic rings. The topological polar surface area (TPSA) is 99.4 Å². The molecule has 0 aliphatic carbocycles. The molecule has 4 N–H and O–H groups in total. The highest BCUT2D eigenvalue weighted by Crippen LogP contribution is 2.29. The normalized spacial score (nSPS) is 52.2. The molecule has 1 aliphatic rings. The summed E-state index contributed by atoms with van der Waals surface area (Å²) in [4.78, 5) is 0. The van der Waals surface area contributed by atoms with E-state index in [1.807, 2.05) is 0 Å². The fraction of sp³-hybridized carbons (Fsp3) is 1.00. The number of ether oxygens (including phenoxy) is 2. The third kappa shape index (κ3) is 1.56. The van der Waals surface area contributed by atoms with E-state index >= 15 is 0 Å². The average Bonchev–Trinajstić information content (AvgIpc) is 2.12. The van der Waals surface area contributed by atoms with Crippen LogP contribution in [0.15, 0.2) is 0 Å². The second-order valence-corrected chi connectivity index (χ2v) is 3.08. The zero-order valence-electron chi connectivity index (χ0n) is 7.41. The van der Waals surface area contributed by atoms with Crippen molar-refractivity contribution >= 4 is 0 Å². The number of methoxy groups -OCH3 is 1. The Labute approximate surface area is 75.3 Å². The van der Waals surface area contributed by atoms with E-state index in [-0.39, 0.29) is 0 Å². The lowest BCUT2D eigenvalue weighted by atomic mass is 9.95. The Bertz CT molecular complexity index is 170. The molecule has 5 atom stereocenters. The van der Waals surface area contributed by atoms with Crippen LogP contribution < -0.4 is 0 Å². The molecule has 0 spiro atoms. The highest BCUT2D eigenvalue weighted by molar-refractivity contribution is 4.93. The molecular weight excluding hydrogens is 180 g/mol. The molecule has 0 saturated carbocycles. The fourth-order valence-electron chi connectivity index (χ4n) is 1.33. The molecule has 13 heavy (non-hydrogen) atoms. The van der Waals surface area contributed by atoms with Gasteiger partial charge in [0.05, 0.1) is 6.10 Å². The molecule has 0 radical (unpaired) electrons. The molecule has 0 aromatic carbocycles. The van der Waals surface area contributed by atoms with E-state index in [4.69, 9.17) is 9.84 Å². The van der Waals surface area contributed by atoms with Gasteiger partial charge in [0.1, 0.15) is 6.10 Å². The van der Waals surface area contributed by atoms with Crippen molar-refractivity contribution in [3.8, 4) is 0 Å². The fourth-order valence-corrected chi connectivity index (χ4v) is 1.33. The van der Waals surface area contributed by atoms with Crippen molar-refractivity contribution in [2.24, 2.45) is 0 Å². The van der Waals surface area contributed by atoms with Crippen LogP contribution >= 0.6 is 0 Å². The van der Waals surface area contributed by atoms with Gasteiger partial charge in [-0.25, -0.2) is 0 Å². The molecule has 5 unspecified atom stereocenters. The smallest absolute Gasteiger partial charge is 0.226 e. The van der Waals surface area contributed by atoms with E-state index in [0.29, 0.717) is 0 Å². The predicted molar refractivity (Wildman–Crippen MR) is 40.5 cm³/mol. The first-order valence-corrected chi connectivity index (χ1v) is 3.90. The van der Waals surface area contributed by atoms with Gasteiger partial charge in [0.2, 0.25) is 5.79 Å². The number of rotatable bonds is 1. The Balaban J connectivity index is 2.88. The van der Waals surface area contributed by atoms with Gasteiger partial charge in [-0.1, -0.05) is 0 Å². The average molecular weight is 194 g/mol. The number of hydrogen-bond acceptors (Lipinski definition) is 6. The molecule has 1 heterocycles. The first-order chi connectivity index (χ1) is 5.93. The maximum atomic E-state index is 9.60. The van der Waals surface area contributed by atoms with E-state index in [9.17, 15) is 15.3 Å². The van der Waals surface area contributed by atoms with Crippen LogP contribution in [0.3, 0.4) is 0 Å². The minimum Gasteiger partial charge on any atom is -0.385 e. The van der Waals surface area contributed by atoms with E-state index in [0.717, 1.165) is 7.11 Å². The van der Waals surface area contributed by atoms with Gasteiger partial charge in [-0.05, 0) is 6.92 Å². The molecule has 6 nitrogen and oxygen atoms in total. The third-order valence-electron chi connectivity index (χ3n) is 2.24. The number of hydrogen-bond donors (Lipinski definition) is 4. The number of aliphatic hydroxyl groups excluding tert-OH is 3. The van der Waals surface area contributed by atoms with Crippen LogP contribution in [0.25, 0.3) is 0 Å². The monoisotopic (exact) mass is 194 g/mol. The summed E-state index contributed by atoms with van der Waals surface area (Å²) < 4.78 is 9.28. The van der Waals surface area contributed by atoms with Crippen molar-refractivity contribution in [1.29, 1.82) is 0 Å². The van der Waals surface area contributed by atoms with Gasteiger partial charge < -0.3 is 29.9 Å². The Morgan fingerprint density at radius 1 is 1.23 bits per heavy atom. The van der Waals surface area contributed by atoms with Crippen LogP contribution in [0.4, 0.5) is 0 Å². The molecule has 0 amide bonds. The van der Waals surface area contributed by atoms with Gasteiger partial charge in [0.25, 0.3) is 0 Å². The first-order valence-electron chi connectivity index (χ1n) is 3.90. The quantitative estimate of drug-likeness (QED) is 0.353. The van der Waals surface area contributed by atoms with Crippen LogP contribution in [0.1, 0.15) is 6.92 Å². The van der Waals surface area contributed by atoms with Crippen molar-refractivity contribution in [1.82, 2.24) is 0 Å². The van der Waals surface area contributed by atoms with Crippen LogP contribution in [0.5, 0.6) is 0 Å². The van der Waals surface area contributed by atoms with Gasteiger partial charge in [-0.15, -0.1) is 0 Å². The summed E-state index contributed by atoms with van der Waals surface area (Å²) in [6, 6.07) is 0. The van der Waals surface area contributed by atoms with Crippen molar-refractivity contribution < 1.29 is 29.9 Å². The van der Waals surface area contributed by atoms with Crippen molar-refractivity contribution in [3.05, 3.63) is 0 Å². The summed E-state index contributed by atoms with van der Waals surface area (Å²) in [7, 11) is 1.12. The van der Waals surface area contributed by atoms with Crippen molar-refractivity contribution in [3.63, 3.8) is 0 Å². The molecule has 6 heteroatoms. The second-order valence-electron chi connectivity index (χ2n) is 3.08. The summed E-state index contributed by atoms with van der Waals surface area (Å²) in [5, 5.41) is 37.4.